The molecule has 1 fully saturated rings. The fourth-order valence-electron chi connectivity index (χ4n) is 2.03. The lowest BCUT2D eigenvalue weighted by Crippen LogP contribution is -2.10. The predicted molar refractivity (Wildman–Crippen MR) is 79.1 cm³/mol. The topological polar surface area (TPSA) is 64.2 Å². The molecule has 0 aliphatic heterocycles. The van der Waals surface area contributed by atoms with Crippen LogP contribution in [0.4, 0.5) is 0 Å². The van der Waals surface area contributed by atoms with Gasteiger partial charge in [0.1, 0.15) is 5.82 Å². The Morgan fingerprint density at radius 3 is 2.76 bits per heavy atom. The average molecular weight is 286 g/mol. The molecule has 1 heterocycles. The molecule has 110 valence electrons. The summed E-state index contributed by atoms with van der Waals surface area (Å²) < 4.78 is 11.4. The van der Waals surface area contributed by atoms with Gasteiger partial charge in [0, 0.05) is 5.92 Å². The SMILES string of the molecule is CCCOc1ccccc1Oc1cc(=O)[nH]c(C2CC2)n1. The number of para-hydroxylation sites is 2. The van der Waals surface area contributed by atoms with Crippen LogP contribution in [0.3, 0.4) is 0 Å². The van der Waals surface area contributed by atoms with Crippen molar-refractivity contribution in [3.05, 3.63) is 46.5 Å². The van der Waals surface area contributed by atoms with E-state index >= 15 is 0 Å². The molecule has 3 rings (SSSR count). The highest BCUT2D eigenvalue weighted by molar-refractivity contribution is 5.41. The van der Waals surface area contributed by atoms with Gasteiger partial charge in [0.2, 0.25) is 5.88 Å². The van der Waals surface area contributed by atoms with Crippen molar-refractivity contribution < 1.29 is 9.47 Å². The number of nitrogens with zero attached hydrogens (tertiary/aromatic N) is 1. The number of rotatable bonds is 6. The molecule has 0 amide bonds. The summed E-state index contributed by atoms with van der Waals surface area (Å²) in [6.07, 6.45) is 3.06. The minimum Gasteiger partial charge on any atom is -0.490 e. The van der Waals surface area contributed by atoms with E-state index in [4.69, 9.17) is 9.47 Å². The molecule has 0 radical (unpaired) electrons. The number of hydrogen-bond donors (Lipinski definition) is 1. The average Bonchev–Trinajstić information content (AvgIpc) is 3.30. The lowest BCUT2D eigenvalue weighted by molar-refractivity contribution is 0.300. The summed E-state index contributed by atoms with van der Waals surface area (Å²) in [6, 6.07) is 8.77. The van der Waals surface area contributed by atoms with Gasteiger partial charge in [-0.1, -0.05) is 19.1 Å². The van der Waals surface area contributed by atoms with Crippen LogP contribution in [0.5, 0.6) is 17.4 Å². The predicted octanol–water partition coefficient (Wildman–Crippen LogP) is 3.23. The van der Waals surface area contributed by atoms with Crippen molar-refractivity contribution in [2.75, 3.05) is 6.61 Å². The van der Waals surface area contributed by atoms with E-state index in [9.17, 15) is 4.79 Å². The van der Waals surface area contributed by atoms with Gasteiger partial charge in [0.15, 0.2) is 11.5 Å². The largest absolute Gasteiger partial charge is 0.490 e. The van der Waals surface area contributed by atoms with Crippen LogP contribution in [-0.4, -0.2) is 16.6 Å². The molecule has 1 aliphatic rings. The van der Waals surface area contributed by atoms with E-state index in [2.05, 4.69) is 9.97 Å². The molecule has 5 nitrogen and oxygen atoms in total. The van der Waals surface area contributed by atoms with E-state index in [0.29, 0.717) is 35.7 Å². The van der Waals surface area contributed by atoms with Crippen LogP contribution in [0.15, 0.2) is 35.1 Å². The molecule has 1 saturated carbocycles. The minimum absolute atomic E-state index is 0.186. The van der Waals surface area contributed by atoms with Gasteiger partial charge in [-0.25, -0.2) is 0 Å². The zero-order chi connectivity index (χ0) is 14.7. The Kier molecular flexibility index (Phi) is 3.90. The van der Waals surface area contributed by atoms with E-state index in [-0.39, 0.29) is 5.56 Å². The highest BCUT2D eigenvalue weighted by atomic mass is 16.5. The van der Waals surface area contributed by atoms with Gasteiger partial charge >= 0.3 is 0 Å². The van der Waals surface area contributed by atoms with E-state index in [1.165, 1.54) is 6.07 Å². The molecule has 1 aromatic carbocycles. The van der Waals surface area contributed by atoms with Crippen LogP contribution in [0.1, 0.15) is 37.9 Å². The monoisotopic (exact) mass is 286 g/mol. The zero-order valence-corrected chi connectivity index (χ0v) is 12.0. The summed E-state index contributed by atoms with van der Waals surface area (Å²) in [5.74, 6) is 2.63. The Morgan fingerprint density at radius 2 is 2.05 bits per heavy atom. The normalized spacial score (nSPS) is 14.0. The first kappa shape index (κ1) is 13.7. The summed E-state index contributed by atoms with van der Waals surface area (Å²) >= 11 is 0. The fourth-order valence-corrected chi connectivity index (χ4v) is 2.03. The number of aromatic amines is 1. The van der Waals surface area contributed by atoms with Crippen LogP contribution < -0.4 is 15.0 Å². The van der Waals surface area contributed by atoms with Crippen LogP contribution in [0.2, 0.25) is 0 Å². The van der Waals surface area contributed by atoms with Crippen molar-refractivity contribution in [2.45, 2.75) is 32.1 Å². The first-order valence-corrected chi connectivity index (χ1v) is 7.27. The van der Waals surface area contributed by atoms with Crippen molar-refractivity contribution in [2.24, 2.45) is 0 Å². The highest BCUT2D eigenvalue weighted by Crippen LogP contribution is 2.38. The number of benzene rings is 1. The van der Waals surface area contributed by atoms with Crippen molar-refractivity contribution >= 4 is 0 Å². The van der Waals surface area contributed by atoms with Gasteiger partial charge in [-0.2, -0.15) is 4.98 Å². The smallest absolute Gasteiger partial charge is 0.254 e. The van der Waals surface area contributed by atoms with Crippen LogP contribution in [0.25, 0.3) is 0 Å². The van der Waals surface area contributed by atoms with E-state index < -0.39 is 0 Å². The molecule has 21 heavy (non-hydrogen) atoms. The van der Waals surface area contributed by atoms with Gasteiger partial charge in [-0.15, -0.1) is 0 Å². The zero-order valence-electron chi connectivity index (χ0n) is 12.0. The second kappa shape index (κ2) is 5.99. The van der Waals surface area contributed by atoms with Gasteiger partial charge in [0.05, 0.1) is 12.7 Å². The van der Waals surface area contributed by atoms with Gasteiger partial charge in [-0.05, 0) is 31.4 Å². The summed E-state index contributed by atoms with van der Waals surface area (Å²) in [5, 5.41) is 0. The lowest BCUT2D eigenvalue weighted by Gasteiger charge is -2.11. The number of ether oxygens (including phenoxy) is 2. The first-order valence-electron chi connectivity index (χ1n) is 7.27. The quantitative estimate of drug-likeness (QED) is 0.885. The van der Waals surface area contributed by atoms with Gasteiger partial charge in [0.25, 0.3) is 5.56 Å². The molecule has 1 N–H and O–H groups in total. The third-order valence-electron chi connectivity index (χ3n) is 3.23. The molecule has 1 aromatic heterocycles. The maximum Gasteiger partial charge on any atom is 0.254 e. The number of H-pyrrole nitrogens is 1. The Morgan fingerprint density at radius 1 is 1.29 bits per heavy atom. The highest BCUT2D eigenvalue weighted by Gasteiger charge is 2.26. The summed E-state index contributed by atoms with van der Waals surface area (Å²) in [5.41, 5.74) is -0.186. The van der Waals surface area contributed by atoms with Gasteiger partial charge < -0.3 is 14.5 Å². The van der Waals surface area contributed by atoms with E-state index in [1.807, 2.05) is 31.2 Å². The summed E-state index contributed by atoms with van der Waals surface area (Å²) in [4.78, 5) is 18.8. The third-order valence-corrected chi connectivity index (χ3v) is 3.23. The maximum atomic E-state index is 11.7. The van der Waals surface area contributed by atoms with Crippen molar-refractivity contribution in [3.63, 3.8) is 0 Å². The molecule has 0 atom stereocenters. The van der Waals surface area contributed by atoms with Crippen LogP contribution in [0, 0.1) is 0 Å². The Labute approximate surface area is 123 Å². The van der Waals surface area contributed by atoms with Gasteiger partial charge in [-0.3, -0.25) is 4.79 Å². The second-order valence-electron chi connectivity index (χ2n) is 5.14. The molecule has 0 unspecified atom stereocenters. The van der Waals surface area contributed by atoms with E-state index in [1.54, 1.807) is 0 Å². The lowest BCUT2D eigenvalue weighted by atomic mass is 10.3. The first-order chi connectivity index (χ1) is 10.3. The third kappa shape index (κ3) is 3.42. The van der Waals surface area contributed by atoms with E-state index in [0.717, 1.165) is 19.3 Å². The molecule has 5 heteroatoms. The Bertz CT molecular complexity index is 677. The fraction of sp³-hybridized carbons (Fsp3) is 0.375. The van der Waals surface area contributed by atoms with Crippen molar-refractivity contribution in [1.82, 2.24) is 9.97 Å². The molecular formula is C16H18N2O3. The summed E-state index contributed by atoms with van der Waals surface area (Å²) in [7, 11) is 0. The standard InChI is InChI=1S/C16H18N2O3/c1-2-9-20-12-5-3-4-6-13(12)21-15-10-14(19)17-16(18-15)11-7-8-11/h3-6,10-11H,2,7-9H2,1H3,(H,17,18,19). The molecular weight excluding hydrogens is 268 g/mol. The molecule has 0 bridgehead atoms. The second-order valence-corrected chi connectivity index (χ2v) is 5.14. The Balaban J connectivity index is 1.84. The van der Waals surface area contributed by atoms with Crippen molar-refractivity contribution in [1.29, 1.82) is 0 Å². The van der Waals surface area contributed by atoms with Crippen LogP contribution >= 0.6 is 0 Å². The molecule has 2 aromatic rings. The van der Waals surface area contributed by atoms with Crippen molar-refractivity contribution in [3.8, 4) is 17.4 Å². The number of hydrogen-bond acceptors (Lipinski definition) is 4. The molecule has 0 saturated heterocycles. The number of aromatic nitrogens is 2. The molecule has 0 spiro atoms. The Hall–Kier alpha value is -2.30. The summed E-state index contributed by atoms with van der Waals surface area (Å²) in [6.45, 7) is 2.67. The maximum absolute atomic E-state index is 11.7. The minimum atomic E-state index is -0.186. The van der Waals surface area contributed by atoms with Crippen LogP contribution in [-0.2, 0) is 0 Å². The number of nitrogens with one attached hydrogen (secondary N) is 1. The molecule has 1 aliphatic carbocycles.